The molecule has 0 saturated carbocycles. The molecule has 0 spiro atoms. The van der Waals surface area contributed by atoms with E-state index < -0.39 is 0 Å². The number of likely N-dealkylation sites (N-methyl/N-ethyl adjacent to an activating group) is 1. The van der Waals surface area contributed by atoms with Crippen LogP contribution in [-0.2, 0) is 11.8 Å². The van der Waals surface area contributed by atoms with Gasteiger partial charge >= 0.3 is 0 Å². The zero-order valence-corrected chi connectivity index (χ0v) is 12.1. The van der Waals surface area contributed by atoms with E-state index in [-0.39, 0.29) is 5.41 Å². The van der Waals surface area contributed by atoms with Crippen molar-refractivity contribution in [3.63, 3.8) is 0 Å². The fourth-order valence-corrected chi connectivity index (χ4v) is 4.43. The fraction of sp³-hybridized carbons (Fsp3) is 0.333. The first kappa shape index (κ1) is 10.8. The van der Waals surface area contributed by atoms with Crippen molar-refractivity contribution in [3.8, 4) is 0 Å². The molecule has 0 bridgehead atoms. The smallest absolute Gasteiger partial charge is 0.110 e. The average Bonchev–Trinajstić information content (AvgIpc) is 2.94. The molecule has 5 rings (SSSR count). The molecule has 2 heteroatoms. The second-order valence-electron chi connectivity index (χ2n) is 6.78. The minimum Gasteiger partial charge on any atom is -0.352 e. The van der Waals surface area contributed by atoms with Crippen molar-refractivity contribution in [2.45, 2.75) is 31.8 Å². The summed E-state index contributed by atoms with van der Waals surface area (Å²) in [5.41, 5.74) is 8.86. The second-order valence-corrected chi connectivity index (χ2v) is 6.78. The maximum absolute atomic E-state index is 2.58. The van der Waals surface area contributed by atoms with E-state index in [9.17, 15) is 0 Å². The highest BCUT2D eigenvalue weighted by Gasteiger charge is 2.49. The molecule has 0 saturated heterocycles. The topological polar surface area (TPSA) is 6.48 Å². The average molecular weight is 262 g/mol. The van der Waals surface area contributed by atoms with Gasteiger partial charge in [-0.05, 0) is 22.8 Å². The first-order chi connectivity index (χ1) is 9.60. The standard InChI is InChI=1S/C18H18N2/c1-18(2)12-7-4-6-11-10-15-19(3)14-9-5-8-13(18)17(14)20(15)16(11)12/h4-9,15H,10H2,1-3H3. The Hall–Kier alpha value is -1.96. The molecular weight excluding hydrogens is 244 g/mol. The third-order valence-corrected chi connectivity index (χ3v) is 5.49. The van der Waals surface area contributed by atoms with Crippen LogP contribution < -0.4 is 9.80 Å². The van der Waals surface area contributed by atoms with Gasteiger partial charge in [-0.3, -0.25) is 0 Å². The zero-order chi connectivity index (χ0) is 13.6. The molecule has 0 aliphatic carbocycles. The number of para-hydroxylation sites is 2. The number of anilines is 3. The van der Waals surface area contributed by atoms with Crippen molar-refractivity contribution in [2.75, 3.05) is 16.8 Å². The summed E-state index contributed by atoms with van der Waals surface area (Å²) in [5.74, 6) is 0. The van der Waals surface area contributed by atoms with Gasteiger partial charge in [0.05, 0.1) is 17.1 Å². The lowest BCUT2D eigenvalue weighted by molar-refractivity contribution is 0.622. The largest absolute Gasteiger partial charge is 0.352 e. The van der Waals surface area contributed by atoms with Crippen molar-refractivity contribution in [2.24, 2.45) is 0 Å². The minimum absolute atomic E-state index is 0.0905. The number of nitrogens with zero attached hydrogens (tertiary/aromatic N) is 2. The Kier molecular flexibility index (Phi) is 1.63. The molecule has 3 aliphatic heterocycles. The van der Waals surface area contributed by atoms with Crippen LogP contribution in [0.25, 0.3) is 0 Å². The molecule has 1 atom stereocenters. The predicted molar refractivity (Wildman–Crippen MR) is 83.0 cm³/mol. The summed E-state index contributed by atoms with van der Waals surface area (Å²) in [6.45, 7) is 4.72. The van der Waals surface area contributed by atoms with Crippen LogP contribution in [0, 0.1) is 0 Å². The van der Waals surface area contributed by atoms with Gasteiger partial charge in [-0.25, -0.2) is 0 Å². The van der Waals surface area contributed by atoms with E-state index in [1.165, 1.54) is 33.8 Å². The summed E-state index contributed by atoms with van der Waals surface area (Å²) >= 11 is 0. The molecule has 2 nitrogen and oxygen atoms in total. The molecular formula is C18H18N2. The highest BCUT2D eigenvalue weighted by Crippen LogP contribution is 2.60. The van der Waals surface area contributed by atoms with Gasteiger partial charge in [0.1, 0.15) is 6.17 Å². The maximum atomic E-state index is 2.58. The Morgan fingerprint density at radius 2 is 1.70 bits per heavy atom. The van der Waals surface area contributed by atoms with Crippen LogP contribution in [0.1, 0.15) is 30.5 Å². The van der Waals surface area contributed by atoms with Crippen LogP contribution in [0.2, 0.25) is 0 Å². The normalized spacial score (nSPS) is 23.2. The Bertz CT molecular complexity index is 760. The van der Waals surface area contributed by atoms with Gasteiger partial charge in [0.15, 0.2) is 0 Å². The zero-order valence-electron chi connectivity index (χ0n) is 12.1. The van der Waals surface area contributed by atoms with Crippen molar-refractivity contribution in [1.82, 2.24) is 0 Å². The van der Waals surface area contributed by atoms with Crippen LogP contribution in [-0.4, -0.2) is 13.2 Å². The van der Waals surface area contributed by atoms with Crippen LogP contribution >= 0.6 is 0 Å². The molecule has 0 amide bonds. The van der Waals surface area contributed by atoms with Crippen LogP contribution in [0.15, 0.2) is 36.4 Å². The summed E-state index contributed by atoms with van der Waals surface area (Å²) < 4.78 is 0. The lowest BCUT2D eigenvalue weighted by Crippen LogP contribution is -2.38. The molecule has 0 radical (unpaired) electrons. The van der Waals surface area contributed by atoms with Crippen molar-refractivity contribution >= 4 is 17.1 Å². The SMILES string of the molecule is CN1c2cccc3c2N2c4c(cccc4C3(C)C)CC12. The van der Waals surface area contributed by atoms with Crippen molar-refractivity contribution in [1.29, 1.82) is 0 Å². The molecule has 3 aliphatic rings. The van der Waals surface area contributed by atoms with Gasteiger partial charge in [0.2, 0.25) is 0 Å². The Morgan fingerprint density at radius 1 is 1.00 bits per heavy atom. The van der Waals surface area contributed by atoms with E-state index in [1.807, 2.05) is 0 Å². The minimum atomic E-state index is 0.0905. The highest BCUT2D eigenvalue weighted by atomic mass is 15.4. The number of hydrogen-bond acceptors (Lipinski definition) is 2. The van der Waals surface area contributed by atoms with Gasteiger partial charge in [0.25, 0.3) is 0 Å². The summed E-state index contributed by atoms with van der Waals surface area (Å²) in [6, 6.07) is 13.6. The highest BCUT2D eigenvalue weighted by molar-refractivity contribution is 5.94. The molecule has 0 aromatic heterocycles. The molecule has 3 heterocycles. The first-order valence-corrected chi connectivity index (χ1v) is 7.38. The van der Waals surface area contributed by atoms with Crippen molar-refractivity contribution < 1.29 is 0 Å². The van der Waals surface area contributed by atoms with Gasteiger partial charge < -0.3 is 9.80 Å². The number of rotatable bonds is 0. The van der Waals surface area contributed by atoms with Gasteiger partial charge in [-0.1, -0.05) is 44.2 Å². The predicted octanol–water partition coefficient (Wildman–Crippen LogP) is 3.80. The third-order valence-electron chi connectivity index (χ3n) is 5.49. The quantitative estimate of drug-likeness (QED) is 0.712. The van der Waals surface area contributed by atoms with Crippen LogP contribution in [0.3, 0.4) is 0 Å². The lowest BCUT2D eigenvalue weighted by Gasteiger charge is -2.39. The summed E-state index contributed by atoms with van der Waals surface area (Å²) in [6.07, 6.45) is 1.60. The maximum Gasteiger partial charge on any atom is 0.110 e. The monoisotopic (exact) mass is 262 g/mol. The molecule has 2 aromatic carbocycles. The van der Waals surface area contributed by atoms with E-state index in [0.717, 1.165) is 6.42 Å². The van der Waals surface area contributed by atoms with Gasteiger partial charge in [-0.2, -0.15) is 0 Å². The second kappa shape index (κ2) is 3.03. The molecule has 0 fully saturated rings. The third kappa shape index (κ3) is 0.943. The van der Waals surface area contributed by atoms with E-state index in [0.29, 0.717) is 6.17 Å². The fourth-order valence-electron chi connectivity index (χ4n) is 4.43. The van der Waals surface area contributed by atoms with E-state index in [2.05, 4.69) is 67.1 Å². The molecule has 1 unspecified atom stereocenters. The Morgan fingerprint density at radius 3 is 2.50 bits per heavy atom. The molecule has 2 aromatic rings. The first-order valence-electron chi connectivity index (χ1n) is 7.38. The van der Waals surface area contributed by atoms with Crippen LogP contribution in [0.5, 0.6) is 0 Å². The molecule has 20 heavy (non-hydrogen) atoms. The van der Waals surface area contributed by atoms with E-state index in [4.69, 9.17) is 0 Å². The van der Waals surface area contributed by atoms with E-state index >= 15 is 0 Å². The summed E-state index contributed by atoms with van der Waals surface area (Å²) in [7, 11) is 2.23. The van der Waals surface area contributed by atoms with Gasteiger partial charge in [0, 0.05) is 18.9 Å². The number of hydrogen-bond donors (Lipinski definition) is 0. The lowest BCUT2D eigenvalue weighted by atomic mass is 9.73. The molecule has 100 valence electrons. The van der Waals surface area contributed by atoms with E-state index in [1.54, 1.807) is 0 Å². The molecule has 0 N–H and O–H groups in total. The Balaban J connectivity index is 1.97. The summed E-state index contributed by atoms with van der Waals surface area (Å²) in [4.78, 5) is 5.03. The van der Waals surface area contributed by atoms with Crippen LogP contribution in [0.4, 0.5) is 17.1 Å². The van der Waals surface area contributed by atoms with Gasteiger partial charge in [-0.15, -0.1) is 0 Å². The number of benzene rings is 2. The summed E-state index contributed by atoms with van der Waals surface area (Å²) in [5, 5.41) is 0. The Labute approximate surface area is 119 Å². The van der Waals surface area contributed by atoms with Crippen molar-refractivity contribution in [3.05, 3.63) is 53.1 Å².